The number of hydrogen-bond donors (Lipinski definition) is 2. The third-order valence-electron chi connectivity index (χ3n) is 7.29. The van der Waals surface area contributed by atoms with Crippen LogP contribution in [0.2, 0.25) is 0 Å². The quantitative estimate of drug-likeness (QED) is 0.345. The topological polar surface area (TPSA) is 134 Å². The van der Waals surface area contributed by atoms with E-state index in [2.05, 4.69) is 52.9 Å². The summed E-state index contributed by atoms with van der Waals surface area (Å²) >= 11 is 5.08. The zero-order valence-corrected chi connectivity index (χ0v) is 22.6. The molecule has 1 saturated carbocycles. The molecule has 2 atom stereocenters. The molecule has 1 aliphatic carbocycles. The zero-order chi connectivity index (χ0) is 25.6. The maximum absolute atomic E-state index is 12.4. The molecule has 0 unspecified atom stereocenters. The molecule has 37 heavy (non-hydrogen) atoms. The predicted molar refractivity (Wildman–Crippen MR) is 143 cm³/mol. The predicted octanol–water partition coefficient (Wildman–Crippen LogP) is 4.33. The van der Waals surface area contributed by atoms with E-state index < -0.39 is 0 Å². The second-order valence-corrected chi connectivity index (χ2v) is 11.6. The fourth-order valence-corrected chi connectivity index (χ4v) is 6.61. The Labute approximate surface area is 225 Å². The Morgan fingerprint density at radius 2 is 2.24 bits per heavy atom. The molecule has 188 valence electrons. The van der Waals surface area contributed by atoms with Crippen molar-refractivity contribution in [3.8, 4) is 22.3 Å². The first kappa shape index (κ1) is 23.9. The first-order chi connectivity index (χ1) is 18.0. The standard InChI is InChI=1S/C25H24BrN9OS/c1-14-32-33-22(37-14)18-5-4-17(11-15(18)3-2-9-27)35-21-19(20(26)34-35)13-29-24(31-21)30-16-6-7-25(12-16)8-10-28-23(25)36/h4-5,11,13,16H,2-3,6-8,10,12H2,1H3,(H,28,36)(H,29,30,31)/t16-,25+/m1/s1. The van der Waals surface area contributed by atoms with E-state index in [1.54, 1.807) is 10.9 Å². The Hall–Kier alpha value is -3.43. The highest BCUT2D eigenvalue weighted by molar-refractivity contribution is 9.10. The molecule has 1 saturated heterocycles. The van der Waals surface area contributed by atoms with Crippen LogP contribution in [-0.2, 0) is 11.2 Å². The van der Waals surface area contributed by atoms with Gasteiger partial charge >= 0.3 is 0 Å². The highest BCUT2D eigenvalue weighted by Crippen LogP contribution is 2.44. The third kappa shape index (κ3) is 4.36. The van der Waals surface area contributed by atoms with Gasteiger partial charge in [0.05, 0.1) is 22.6 Å². The van der Waals surface area contributed by atoms with Gasteiger partial charge in [0.25, 0.3) is 0 Å². The van der Waals surface area contributed by atoms with Crippen LogP contribution in [0.5, 0.6) is 0 Å². The van der Waals surface area contributed by atoms with Crippen LogP contribution in [0.1, 0.15) is 42.7 Å². The second kappa shape index (κ2) is 9.46. The Kier molecular flexibility index (Phi) is 6.12. The summed E-state index contributed by atoms with van der Waals surface area (Å²) in [5, 5.41) is 31.3. The van der Waals surface area contributed by atoms with E-state index in [0.29, 0.717) is 29.0 Å². The van der Waals surface area contributed by atoms with Crippen molar-refractivity contribution in [3.63, 3.8) is 0 Å². The minimum Gasteiger partial charge on any atom is -0.356 e. The van der Waals surface area contributed by atoms with E-state index in [-0.39, 0.29) is 17.4 Å². The van der Waals surface area contributed by atoms with Crippen molar-refractivity contribution in [3.05, 3.63) is 39.6 Å². The normalized spacial score (nSPS) is 21.0. The van der Waals surface area contributed by atoms with Gasteiger partial charge in [0, 0.05) is 30.8 Å². The molecule has 2 N–H and O–H groups in total. The Bertz CT molecular complexity index is 1560. The Morgan fingerprint density at radius 3 is 3.00 bits per heavy atom. The minimum atomic E-state index is -0.250. The number of carbonyl (C=O) groups is 1. The molecule has 1 amide bonds. The summed E-state index contributed by atoms with van der Waals surface area (Å²) in [5.41, 5.74) is 3.23. The average Bonchev–Trinajstić information content (AvgIpc) is 3.67. The van der Waals surface area contributed by atoms with Crippen molar-refractivity contribution in [2.75, 3.05) is 11.9 Å². The molecule has 1 aromatic carbocycles. The van der Waals surface area contributed by atoms with E-state index in [1.807, 2.05) is 25.1 Å². The minimum absolute atomic E-state index is 0.147. The molecular formula is C25H24BrN9OS. The van der Waals surface area contributed by atoms with Gasteiger partial charge in [-0.3, -0.25) is 4.79 Å². The molecule has 0 bridgehead atoms. The molecule has 2 aliphatic rings. The number of rotatable bonds is 6. The molecular weight excluding hydrogens is 554 g/mol. The van der Waals surface area contributed by atoms with Crippen molar-refractivity contribution in [2.24, 2.45) is 5.41 Å². The lowest BCUT2D eigenvalue weighted by atomic mass is 9.84. The molecule has 2 fully saturated rings. The lowest BCUT2D eigenvalue weighted by molar-refractivity contribution is -0.127. The van der Waals surface area contributed by atoms with Gasteiger partial charge in [-0.25, -0.2) is 9.67 Å². The number of aromatic nitrogens is 6. The van der Waals surface area contributed by atoms with Gasteiger partial charge in [0.1, 0.15) is 14.6 Å². The molecule has 12 heteroatoms. The fourth-order valence-electron chi connectivity index (χ4n) is 5.42. The first-order valence-electron chi connectivity index (χ1n) is 12.2. The number of carbonyl (C=O) groups excluding carboxylic acids is 1. The zero-order valence-electron chi connectivity index (χ0n) is 20.2. The number of hydrogen-bond acceptors (Lipinski definition) is 9. The van der Waals surface area contributed by atoms with Crippen molar-refractivity contribution < 1.29 is 4.79 Å². The number of fused-ring (bicyclic) bond motifs is 1. The van der Waals surface area contributed by atoms with Crippen LogP contribution >= 0.6 is 27.3 Å². The summed E-state index contributed by atoms with van der Waals surface area (Å²) in [6.07, 6.45) is 6.23. The summed E-state index contributed by atoms with van der Waals surface area (Å²) in [6.45, 7) is 2.69. The van der Waals surface area contributed by atoms with Crippen LogP contribution in [0, 0.1) is 23.7 Å². The number of nitrogens with zero attached hydrogens (tertiary/aromatic N) is 7. The molecule has 6 rings (SSSR count). The van der Waals surface area contributed by atoms with Gasteiger partial charge in [-0.2, -0.15) is 15.3 Å². The smallest absolute Gasteiger partial charge is 0.226 e. The van der Waals surface area contributed by atoms with E-state index >= 15 is 0 Å². The monoisotopic (exact) mass is 577 g/mol. The number of halogens is 1. The fraction of sp³-hybridized carbons (Fsp3) is 0.400. The van der Waals surface area contributed by atoms with Gasteiger partial charge < -0.3 is 10.6 Å². The number of anilines is 1. The summed E-state index contributed by atoms with van der Waals surface area (Å²) in [6, 6.07) is 8.41. The molecule has 1 aliphatic heterocycles. The maximum atomic E-state index is 12.4. The Morgan fingerprint density at radius 1 is 1.35 bits per heavy atom. The van der Waals surface area contributed by atoms with E-state index in [4.69, 9.17) is 4.98 Å². The molecule has 4 heterocycles. The molecule has 3 aromatic heterocycles. The lowest BCUT2D eigenvalue weighted by Crippen LogP contribution is -2.30. The first-order valence-corrected chi connectivity index (χ1v) is 13.8. The van der Waals surface area contributed by atoms with Crippen molar-refractivity contribution >= 4 is 50.2 Å². The van der Waals surface area contributed by atoms with Crippen molar-refractivity contribution in [1.29, 1.82) is 5.26 Å². The summed E-state index contributed by atoms with van der Waals surface area (Å²) in [7, 11) is 0. The maximum Gasteiger partial charge on any atom is 0.226 e. The second-order valence-electron chi connectivity index (χ2n) is 9.63. The van der Waals surface area contributed by atoms with Crippen LogP contribution in [0.3, 0.4) is 0 Å². The van der Waals surface area contributed by atoms with E-state index in [0.717, 1.165) is 64.4 Å². The number of aryl methyl sites for hydroxylation is 2. The van der Waals surface area contributed by atoms with Crippen molar-refractivity contribution in [1.82, 2.24) is 35.3 Å². The SMILES string of the molecule is Cc1nnc(-c2ccc(-n3nc(Br)c4cnc(N[C@@H]5CC[C@]6(CCNC6=O)C5)nc43)cc2CCC#N)s1. The highest BCUT2D eigenvalue weighted by Gasteiger charge is 2.47. The molecule has 0 radical (unpaired) electrons. The largest absolute Gasteiger partial charge is 0.356 e. The molecule has 10 nitrogen and oxygen atoms in total. The molecule has 1 spiro atoms. The van der Waals surface area contributed by atoms with E-state index in [9.17, 15) is 10.1 Å². The number of nitriles is 1. The van der Waals surface area contributed by atoms with Gasteiger partial charge in [-0.05, 0) is 78.7 Å². The van der Waals surface area contributed by atoms with Gasteiger partial charge in [-0.15, -0.1) is 10.2 Å². The van der Waals surface area contributed by atoms with E-state index in [1.165, 1.54) is 11.3 Å². The van der Waals surface area contributed by atoms with Crippen LogP contribution in [0.4, 0.5) is 5.95 Å². The van der Waals surface area contributed by atoms with Crippen molar-refractivity contribution in [2.45, 2.75) is 51.5 Å². The third-order valence-corrected chi connectivity index (χ3v) is 8.75. The summed E-state index contributed by atoms with van der Waals surface area (Å²) < 4.78 is 2.44. The lowest BCUT2D eigenvalue weighted by Gasteiger charge is -2.19. The van der Waals surface area contributed by atoms with Gasteiger partial charge in [0.15, 0.2) is 5.65 Å². The number of nitrogens with one attached hydrogen (secondary N) is 2. The van der Waals surface area contributed by atoms with Gasteiger partial charge in [-0.1, -0.05) is 11.3 Å². The highest BCUT2D eigenvalue weighted by atomic mass is 79.9. The van der Waals surface area contributed by atoms with Crippen LogP contribution in [0.25, 0.3) is 27.3 Å². The average molecular weight is 579 g/mol. The van der Waals surface area contributed by atoms with Crippen LogP contribution < -0.4 is 10.6 Å². The van der Waals surface area contributed by atoms with Gasteiger partial charge in [0.2, 0.25) is 11.9 Å². The summed E-state index contributed by atoms with van der Waals surface area (Å²) in [4.78, 5) is 21.7. The Balaban J connectivity index is 1.33. The summed E-state index contributed by atoms with van der Waals surface area (Å²) in [5.74, 6) is 0.696. The molecule has 4 aromatic rings. The number of amides is 1. The number of benzene rings is 1. The van der Waals surface area contributed by atoms with Crippen LogP contribution in [0.15, 0.2) is 29.0 Å². The van der Waals surface area contributed by atoms with Crippen LogP contribution in [-0.4, -0.2) is 48.4 Å².